The van der Waals surface area contributed by atoms with Crippen LogP contribution in [0.4, 0.5) is 0 Å². The maximum Gasteiger partial charge on any atom is 0.0701 e. The molecule has 0 aromatic rings. The van der Waals surface area contributed by atoms with Crippen molar-refractivity contribution in [2.24, 2.45) is 0 Å². The lowest BCUT2D eigenvalue weighted by Gasteiger charge is -2.24. The molecule has 2 N–H and O–H groups in total. The largest absolute Gasteiger partial charge is 0.382 e. The van der Waals surface area contributed by atoms with Gasteiger partial charge in [-0.3, -0.25) is 0 Å². The molecule has 2 aliphatic rings. The summed E-state index contributed by atoms with van der Waals surface area (Å²) in [6.45, 7) is 6.51. The minimum absolute atomic E-state index is 0.634. The van der Waals surface area contributed by atoms with Crippen molar-refractivity contribution in [3.8, 4) is 0 Å². The van der Waals surface area contributed by atoms with Crippen LogP contribution in [0.25, 0.3) is 0 Å². The van der Waals surface area contributed by atoms with Crippen molar-refractivity contribution in [2.45, 2.75) is 25.3 Å². The summed E-state index contributed by atoms with van der Waals surface area (Å²) in [6, 6.07) is 0.634. The van der Waals surface area contributed by atoms with E-state index in [-0.39, 0.29) is 0 Å². The zero-order chi connectivity index (χ0) is 14.0. The van der Waals surface area contributed by atoms with Crippen LogP contribution in [0, 0.1) is 0 Å². The molecule has 0 aromatic carbocycles. The maximum atomic E-state index is 5.54. The minimum Gasteiger partial charge on any atom is -0.382 e. The van der Waals surface area contributed by atoms with Gasteiger partial charge in [0.05, 0.1) is 33.0 Å². The van der Waals surface area contributed by atoms with Crippen LogP contribution in [-0.2, 0) is 14.2 Å². The Kier molecular flexibility index (Phi) is 7.54. The molecule has 116 valence electrons. The maximum absolute atomic E-state index is 5.54. The van der Waals surface area contributed by atoms with Crippen LogP contribution < -0.4 is 10.6 Å². The lowest BCUT2D eigenvalue weighted by Crippen LogP contribution is -2.34. The zero-order valence-electron chi connectivity index (χ0n) is 12.6. The molecule has 0 saturated carbocycles. The molecule has 2 rings (SSSR count). The van der Waals surface area contributed by atoms with Crippen molar-refractivity contribution in [2.75, 3.05) is 59.8 Å². The van der Waals surface area contributed by atoms with Gasteiger partial charge in [-0.05, 0) is 19.3 Å². The molecular formula is C15H28N2O3. The Bertz CT molecular complexity index is 307. The molecule has 1 atom stereocenters. The first kappa shape index (κ1) is 15.9. The molecule has 0 amide bonds. The highest BCUT2D eigenvalue weighted by atomic mass is 16.5. The molecule has 5 heteroatoms. The highest BCUT2D eigenvalue weighted by Gasteiger charge is 2.23. The summed E-state index contributed by atoms with van der Waals surface area (Å²) in [6.07, 6.45) is 3.73. The van der Waals surface area contributed by atoms with Gasteiger partial charge in [0.25, 0.3) is 0 Å². The minimum atomic E-state index is 0.634. The lowest BCUT2D eigenvalue weighted by atomic mass is 9.90. The number of rotatable bonds is 10. The summed E-state index contributed by atoms with van der Waals surface area (Å²) in [5.41, 5.74) is 3.30. The molecule has 1 unspecified atom stereocenters. The predicted octanol–water partition coefficient (Wildman–Crippen LogP) is 0.708. The van der Waals surface area contributed by atoms with E-state index in [9.17, 15) is 0 Å². The zero-order valence-corrected chi connectivity index (χ0v) is 12.6. The second-order valence-corrected chi connectivity index (χ2v) is 5.42. The van der Waals surface area contributed by atoms with E-state index in [1.807, 2.05) is 0 Å². The van der Waals surface area contributed by atoms with Crippen LogP contribution in [0.1, 0.15) is 19.3 Å². The standard InChI is InChI=1S/C15H28N2O3/c1-18-6-7-20-9-8-19-5-4-17-15-3-2-13-11-16-12-14(13)10-15/h15-17H,2-12H2,1H3. The van der Waals surface area contributed by atoms with Crippen molar-refractivity contribution >= 4 is 0 Å². The van der Waals surface area contributed by atoms with Crippen molar-refractivity contribution in [3.63, 3.8) is 0 Å². The molecule has 1 aliphatic carbocycles. The second kappa shape index (κ2) is 9.47. The Morgan fingerprint density at radius 3 is 2.65 bits per heavy atom. The van der Waals surface area contributed by atoms with E-state index < -0.39 is 0 Å². The second-order valence-electron chi connectivity index (χ2n) is 5.42. The average Bonchev–Trinajstić information content (AvgIpc) is 2.93. The van der Waals surface area contributed by atoms with Gasteiger partial charge in [0, 0.05) is 32.8 Å². The van der Waals surface area contributed by atoms with Crippen LogP contribution in [-0.4, -0.2) is 65.8 Å². The van der Waals surface area contributed by atoms with Gasteiger partial charge in [0.1, 0.15) is 0 Å². The Labute approximate surface area is 122 Å². The van der Waals surface area contributed by atoms with Crippen LogP contribution >= 0.6 is 0 Å². The topological polar surface area (TPSA) is 51.8 Å². The first-order valence-corrected chi connectivity index (χ1v) is 7.68. The van der Waals surface area contributed by atoms with Crippen LogP contribution in [0.2, 0.25) is 0 Å². The smallest absolute Gasteiger partial charge is 0.0701 e. The predicted molar refractivity (Wildman–Crippen MR) is 79.1 cm³/mol. The molecule has 1 aliphatic heterocycles. The van der Waals surface area contributed by atoms with Gasteiger partial charge < -0.3 is 24.8 Å². The van der Waals surface area contributed by atoms with Gasteiger partial charge in [-0.1, -0.05) is 11.1 Å². The highest BCUT2D eigenvalue weighted by Crippen LogP contribution is 2.27. The molecule has 0 aromatic heterocycles. The van der Waals surface area contributed by atoms with E-state index in [0.29, 0.717) is 32.5 Å². The number of hydrogen-bond donors (Lipinski definition) is 2. The lowest BCUT2D eigenvalue weighted by molar-refractivity contribution is 0.0251. The normalized spacial score (nSPS) is 22.4. The third-order valence-electron chi connectivity index (χ3n) is 3.95. The third kappa shape index (κ3) is 5.50. The van der Waals surface area contributed by atoms with Gasteiger partial charge in [0.15, 0.2) is 0 Å². The fraction of sp³-hybridized carbons (Fsp3) is 0.867. The Morgan fingerprint density at radius 1 is 1.05 bits per heavy atom. The summed E-state index contributed by atoms with van der Waals surface area (Å²) in [5.74, 6) is 0. The molecule has 20 heavy (non-hydrogen) atoms. The SMILES string of the molecule is COCCOCCOCCNC1CCC2=C(CNC2)C1. The van der Waals surface area contributed by atoms with E-state index in [1.165, 1.54) is 19.3 Å². The van der Waals surface area contributed by atoms with Gasteiger partial charge in [0.2, 0.25) is 0 Å². The molecule has 0 spiro atoms. The summed E-state index contributed by atoms with van der Waals surface area (Å²) >= 11 is 0. The van der Waals surface area contributed by atoms with Crippen LogP contribution in [0.3, 0.4) is 0 Å². The summed E-state index contributed by atoms with van der Waals surface area (Å²) in [7, 11) is 1.68. The number of hydrogen-bond acceptors (Lipinski definition) is 5. The van der Waals surface area contributed by atoms with E-state index in [1.54, 1.807) is 18.3 Å². The number of methoxy groups -OCH3 is 1. The summed E-state index contributed by atoms with van der Waals surface area (Å²) in [4.78, 5) is 0. The highest BCUT2D eigenvalue weighted by molar-refractivity contribution is 5.26. The van der Waals surface area contributed by atoms with Gasteiger partial charge in [-0.25, -0.2) is 0 Å². The molecule has 1 heterocycles. The van der Waals surface area contributed by atoms with Gasteiger partial charge in [-0.2, -0.15) is 0 Å². The monoisotopic (exact) mass is 284 g/mol. The van der Waals surface area contributed by atoms with Crippen LogP contribution in [0.15, 0.2) is 11.1 Å². The van der Waals surface area contributed by atoms with Gasteiger partial charge >= 0.3 is 0 Å². The molecule has 5 nitrogen and oxygen atoms in total. The Balaban J connectivity index is 1.42. The summed E-state index contributed by atoms with van der Waals surface area (Å²) < 4.78 is 15.8. The first-order chi connectivity index (χ1) is 9.90. The van der Waals surface area contributed by atoms with E-state index in [4.69, 9.17) is 14.2 Å². The fourth-order valence-corrected chi connectivity index (χ4v) is 2.82. The van der Waals surface area contributed by atoms with E-state index in [2.05, 4.69) is 10.6 Å². The molecular weight excluding hydrogens is 256 g/mol. The van der Waals surface area contributed by atoms with Gasteiger partial charge in [-0.15, -0.1) is 0 Å². The molecule has 0 fully saturated rings. The van der Waals surface area contributed by atoms with E-state index >= 15 is 0 Å². The number of ether oxygens (including phenoxy) is 3. The average molecular weight is 284 g/mol. The van der Waals surface area contributed by atoms with E-state index in [0.717, 1.165) is 26.2 Å². The van der Waals surface area contributed by atoms with Crippen molar-refractivity contribution in [1.82, 2.24) is 10.6 Å². The summed E-state index contributed by atoms with van der Waals surface area (Å²) in [5, 5.41) is 7.04. The third-order valence-corrected chi connectivity index (χ3v) is 3.95. The fourth-order valence-electron chi connectivity index (χ4n) is 2.82. The van der Waals surface area contributed by atoms with Crippen molar-refractivity contribution < 1.29 is 14.2 Å². The van der Waals surface area contributed by atoms with Crippen molar-refractivity contribution in [1.29, 1.82) is 0 Å². The quantitative estimate of drug-likeness (QED) is 0.457. The number of nitrogens with one attached hydrogen (secondary N) is 2. The Morgan fingerprint density at radius 2 is 1.80 bits per heavy atom. The van der Waals surface area contributed by atoms with Crippen molar-refractivity contribution in [3.05, 3.63) is 11.1 Å². The molecule has 0 saturated heterocycles. The van der Waals surface area contributed by atoms with Crippen LogP contribution in [0.5, 0.6) is 0 Å². The first-order valence-electron chi connectivity index (χ1n) is 7.68. The Hall–Kier alpha value is -0.460. The molecule has 0 radical (unpaired) electrons. The molecule has 0 bridgehead atoms.